The van der Waals surface area contributed by atoms with Crippen molar-refractivity contribution in [3.05, 3.63) is 17.5 Å². The summed E-state index contributed by atoms with van der Waals surface area (Å²) in [6.45, 7) is 3.75. The second-order valence-electron chi connectivity index (χ2n) is 3.78. The van der Waals surface area contributed by atoms with E-state index in [0.29, 0.717) is 17.4 Å². The second kappa shape index (κ2) is 3.55. The van der Waals surface area contributed by atoms with E-state index >= 15 is 0 Å². The molecule has 0 aromatic carbocycles. The second-order valence-corrected chi connectivity index (χ2v) is 3.78. The molecular formula is C10H15N5O. The van der Waals surface area contributed by atoms with Crippen molar-refractivity contribution in [2.45, 2.75) is 13.8 Å². The van der Waals surface area contributed by atoms with Gasteiger partial charge in [0.25, 0.3) is 0 Å². The Morgan fingerprint density at radius 1 is 1.19 bits per heavy atom. The predicted octanol–water partition coefficient (Wildman–Crippen LogP) is 1.14. The first-order chi connectivity index (χ1) is 7.49. The largest absolute Gasteiger partial charge is 0.419 e. The van der Waals surface area contributed by atoms with Crippen molar-refractivity contribution < 1.29 is 4.74 Å². The molecule has 0 aliphatic carbocycles. The van der Waals surface area contributed by atoms with Crippen LogP contribution in [0, 0.1) is 13.8 Å². The summed E-state index contributed by atoms with van der Waals surface area (Å²) >= 11 is 0. The molecule has 2 aromatic rings. The van der Waals surface area contributed by atoms with Crippen molar-refractivity contribution in [1.82, 2.24) is 19.6 Å². The third kappa shape index (κ3) is 1.62. The summed E-state index contributed by atoms with van der Waals surface area (Å²) in [4.78, 5) is 0. The van der Waals surface area contributed by atoms with Crippen LogP contribution in [0.1, 0.15) is 11.4 Å². The van der Waals surface area contributed by atoms with Crippen LogP contribution >= 0.6 is 0 Å². The number of rotatable bonds is 2. The summed E-state index contributed by atoms with van der Waals surface area (Å²) in [6, 6.07) is 1.85. The number of nitrogens with two attached hydrogens (primary N) is 1. The van der Waals surface area contributed by atoms with Gasteiger partial charge in [-0.25, -0.2) is 9.36 Å². The summed E-state index contributed by atoms with van der Waals surface area (Å²) in [5.41, 5.74) is 8.09. The van der Waals surface area contributed by atoms with Gasteiger partial charge in [-0.05, 0) is 13.8 Å². The van der Waals surface area contributed by atoms with Gasteiger partial charge in [0.1, 0.15) is 5.69 Å². The number of aryl methyl sites for hydroxylation is 4. The summed E-state index contributed by atoms with van der Waals surface area (Å²) in [6.07, 6.45) is 0. The number of anilines is 1. The molecule has 6 nitrogen and oxygen atoms in total. The zero-order valence-corrected chi connectivity index (χ0v) is 9.85. The molecule has 6 heteroatoms. The lowest BCUT2D eigenvalue weighted by Gasteiger charge is -2.05. The molecule has 2 aromatic heterocycles. The third-order valence-corrected chi connectivity index (χ3v) is 2.37. The highest BCUT2D eigenvalue weighted by molar-refractivity contribution is 5.53. The molecule has 0 unspecified atom stereocenters. The van der Waals surface area contributed by atoms with Crippen molar-refractivity contribution >= 4 is 5.69 Å². The lowest BCUT2D eigenvalue weighted by molar-refractivity contribution is 0.394. The molecule has 0 aliphatic heterocycles. The van der Waals surface area contributed by atoms with Crippen LogP contribution in [0.4, 0.5) is 5.69 Å². The first-order valence-corrected chi connectivity index (χ1v) is 4.96. The number of ether oxygens (including phenoxy) is 1. The highest BCUT2D eigenvalue weighted by atomic mass is 16.5. The Labute approximate surface area is 93.6 Å². The Kier molecular flexibility index (Phi) is 2.34. The molecule has 0 bridgehead atoms. The molecular weight excluding hydrogens is 206 g/mol. The maximum Gasteiger partial charge on any atom is 0.243 e. The van der Waals surface area contributed by atoms with Crippen molar-refractivity contribution in [3.8, 4) is 11.8 Å². The average Bonchev–Trinajstić information content (AvgIpc) is 2.62. The van der Waals surface area contributed by atoms with Crippen LogP contribution in [0.25, 0.3) is 0 Å². The van der Waals surface area contributed by atoms with E-state index < -0.39 is 0 Å². The van der Waals surface area contributed by atoms with Crippen molar-refractivity contribution in [2.75, 3.05) is 5.73 Å². The Bertz CT molecular complexity index is 526. The first kappa shape index (κ1) is 10.5. The predicted molar refractivity (Wildman–Crippen MR) is 60.4 cm³/mol. The molecule has 2 rings (SSSR count). The molecule has 0 saturated carbocycles. The number of aromatic nitrogens is 4. The van der Waals surface area contributed by atoms with Gasteiger partial charge in [0.2, 0.25) is 11.8 Å². The van der Waals surface area contributed by atoms with Gasteiger partial charge in [-0.15, -0.1) is 0 Å². The summed E-state index contributed by atoms with van der Waals surface area (Å²) < 4.78 is 8.97. The molecule has 0 radical (unpaired) electrons. The Morgan fingerprint density at radius 3 is 2.31 bits per heavy atom. The van der Waals surface area contributed by atoms with Crippen LogP contribution in [-0.4, -0.2) is 19.6 Å². The van der Waals surface area contributed by atoms with Gasteiger partial charge in [-0.1, -0.05) is 0 Å². The van der Waals surface area contributed by atoms with Crippen LogP contribution in [0.5, 0.6) is 11.8 Å². The highest BCUT2D eigenvalue weighted by Crippen LogP contribution is 2.28. The van der Waals surface area contributed by atoms with Crippen LogP contribution in [0.15, 0.2) is 6.07 Å². The van der Waals surface area contributed by atoms with E-state index in [0.717, 1.165) is 11.4 Å². The van der Waals surface area contributed by atoms with Crippen LogP contribution in [0.3, 0.4) is 0 Å². The van der Waals surface area contributed by atoms with Gasteiger partial charge in [0.15, 0.2) is 0 Å². The standard InChI is InChI=1S/C10H15N5O/c1-6-5-8(14(3)12-6)16-10-9(11)7(2)13-15(10)4/h5H,11H2,1-4H3. The van der Waals surface area contributed by atoms with E-state index in [9.17, 15) is 0 Å². The Balaban J connectivity index is 2.37. The molecule has 86 valence electrons. The minimum Gasteiger partial charge on any atom is -0.419 e. The topological polar surface area (TPSA) is 70.9 Å². The van der Waals surface area contributed by atoms with Crippen molar-refractivity contribution in [3.63, 3.8) is 0 Å². The Hall–Kier alpha value is -1.98. The first-order valence-electron chi connectivity index (χ1n) is 4.96. The van der Waals surface area contributed by atoms with Gasteiger partial charge in [0.05, 0.1) is 11.4 Å². The van der Waals surface area contributed by atoms with Gasteiger partial charge in [-0.2, -0.15) is 10.2 Å². The normalized spacial score (nSPS) is 10.8. The number of nitrogens with zero attached hydrogens (tertiary/aromatic N) is 4. The van der Waals surface area contributed by atoms with E-state index in [1.807, 2.05) is 27.0 Å². The zero-order chi connectivity index (χ0) is 11.9. The maximum absolute atomic E-state index is 5.87. The Morgan fingerprint density at radius 2 is 1.88 bits per heavy atom. The van der Waals surface area contributed by atoms with E-state index in [2.05, 4.69) is 10.2 Å². The maximum atomic E-state index is 5.87. The fourth-order valence-corrected chi connectivity index (χ4v) is 1.56. The highest BCUT2D eigenvalue weighted by Gasteiger charge is 2.14. The van der Waals surface area contributed by atoms with E-state index in [1.165, 1.54) is 0 Å². The zero-order valence-electron chi connectivity index (χ0n) is 9.85. The molecule has 0 aliphatic rings. The van der Waals surface area contributed by atoms with Crippen molar-refractivity contribution in [1.29, 1.82) is 0 Å². The van der Waals surface area contributed by atoms with Crippen LogP contribution in [-0.2, 0) is 14.1 Å². The molecule has 16 heavy (non-hydrogen) atoms. The fraction of sp³-hybridized carbons (Fsp3) is 0.400. The lowest BCUT2D eigenvalue weighted by atomic mass is 10.4. The molecule has 0 spiro atoms. The fourth-order valence-electron chi connectivity index (χ4n) is 1.56. The number of hydrogen-bond donors (Lipinski definition) is 1. The van der Waals surface area contributed by atoms with Gasteiger partial charge in [-0.3, -0.25) is 0 Å². The third-order valence-electron chi connectivity index (χ3n) is 2.37. The minimum absolute atomic E-state index is 0.542. The molecule has 2 N–H and O–H groups in total. The molecule has 0 atom stereocenters. The minimum atomic E-state index is 0.542. The summed E-state index contributed by atoms with van der Waals surface area (Å²) in [5.74, 6) is 1.19. The monoisotopic (exact) mass is 221 g/mol. The van der Waals surface area contributed by atoms with E-state index in [4.69, 9.17) is 10.5 Å². The van der Waals surface area contributed by atoms with E-state index in [-0.39, 0.29) is 0 Å². The molecule has 0 saturated heterocycles. The average molecular weight is 221 g/mol. The quantitative estimate of drug-likeness (QED) is 0.825. The molecule has 2 heterocycles. The SMILES string of the molecule is Cc1cc(Oc2c(N)c(C)nn2C)n(C)n1. The summed E-state index contributed by atoms with van der Waals surface area (Å²) in [7, 11) is 3.61. The van der Waals surface area contributed by atoms with Gasteiger partial charge < -0.3 is 10.5 Å². The molecule has 0 amide bonds. The summed E-state index contributed by atoms with van der Waals surface area (Å²) in [5, 5.41) is 8.37. The molecule has 0 fully saturated rings. The van der Waals surface area contributed by atoms with Crippen LogP contribution in [0.2, 0.25) is 0 Å². The smallest absolute Gasteiger partial charge is 0.243 e. The van der Waals surface area contributed by atoms with Gasteiger partial charge in [0, 0.05) is 20.2 Å². The number of hydrogen-bond acceptors (Lipinski definition) is 4. The lowest BCUT2D eigenvalue weighted by Crippen LogP contribution is -2.00. The van der Waals surface area contributed by atoms with Crippen LogP contribution < -0.4 is 10.5 Å². The van der Waals surface area contributed by atoms with E-state index in [1.54, 1.807) is 16.4 Å². The van der Waals surface area contributed by atoms with Gasteiger partial charge >= 0.3 is 0 Å². The number of nitrogen functional groups attached to an aromatic ring is 1. The van der Waals surface area contributed by atoms with Crippen molar-refractivity contribution in [2.24, 2.45) is 14.1 Å².